The minimum atomic E-state index is 0.0321. The highest BCUT2D eigenvalue weighted by molar-refractivity contribution is 5.92. The van der Waals surface area contributed by atoms with E-state index in [9.17, 15) is 4.79 Å². The molecule has 0 radical (unpaired) electrons. The molecule has 4 rings (SSSR count). The van der Waals surface area contributed by atoms with Gasteiger partial charge in [0.1, 0.15) is 0 Å². The first kappa shape index (κ1) is 19.0. The quantitative estimate of drug-likeness (QED) is 0.864. The normalized spacial score (nSPS) is 19.4. The molecule has 0 bridgehead atoms. The highest BCUT2D eigenvalue weighted by atomic mass is 16.5. The van der Waals surface area contributed by atoms with E-state index in [2.05, 4.69) is 51.5 Å². The van der Waals surface area contributed by atoms with E-state index in [4.69, 9.17) is 4.74 Å². The Morgan fingerprint density at radius 2 is 1.89 bits per heavy atom. The molecule has 1 amide bonds. The fourth-order valence-corrected chi connectivity index (χ4v) is 4.30. The molecule has 0 aromatic heterocycles. The first-order valence-corrected chi connectivity index (χ1v) is 10.2. The summed E-state index contributed by atoms with van der Waals surface area (Å²) in [7, 11) is 2.05. The van der Waals surface area contributed by atoms with E-state index in [0.717, 1.165) is 44.8 Å². The molecule has 148 valence electrons. The number of anilines is 2. The molecule has 5 nitrogen and oxygen atoms in total. The molecule has 2 aromatic carbocycles. The second-order valence-corrected chi connectivity index (χ2v) is 7.72. The lowest BCUT2D eigenvalue weighted by atomic mass is 9.87. The van der Waals surface area contributed by atoms with Crippen molar-refractivity contribution in [2.45, 2.75) is 25.3 Å². The molecule has 0 spiro atoms. The van der Waals surface area contributed by atoms with Crippen LogP contribution in [-0.2, 0) is 16.0 Å². The summed E-state index contributed by atoms with van der Waals surface area (Å²) >= 11 is 0. The average Bonchev–Trinajstić information content (AvgIpc) is 2.74. The summed E-state index contributed by atoms with van der Waals surface area (Å²) in [5.41, 5.74) is 4.82. The zero-order valence-corrected chi connectivity index (χ0v) is 16.6. The van der Waals surface area contributed by atoms with Crippen molar-refractivity contribution in [2.24, 2.45) is 0 Å². The topological polar surface area (TPSA) is 44.8 Å². The fourth-order valence-electron chi connectivity index (χ4n) is 4.30. The lowest BCUT2D eigenvalue weighted by molar-refractivity contribution is -0.117. The van der Waals surface area contributed by atoms with Gasteiger partial charge < -0.3 is 15.0 Å². The Morgan fingerprint density at radius 3 is 2.68 bits per heavy atom. The Labute approximate surface area is 167 Å². The van der Waals surface area contributed by atoms with E-state index in [1.165, 1.54) is 23.2 Å². The lowest BCUT2D eigenvalue weighted by Gasteiger charge is -2.33. The number of hydrogen-bond acceptors (Lipinski definition) is 4. The van der Waals surface area contributed by atoms with Crippen molar-refractivity contribution >= 4 is 17.3 Å². The van der Waals surface area contributed by atoms with Crippen molar-refractivity contribution in [2.75, 3.05) is 50.1 Å². The number of hydrogen-bond donors (Lipinski definition) is 1. The second kappa shape index (κ2) is 8.76. The molecule has 1 heterocycles. The highest BCUT2D eigenvalue weighted by Gasteiger charge is 2.24. The number of benzene rings is 2. The van der Waals surface area contributed by atoms with Gasteiger partial charge in [-0.05, 0) is 61.7 Å². The van der Waals surface area contributed by atoms with Crippen molar-refractivity contribution in [1.29, 1.82) is 0 Å². The number of ether oxygens (including phenoxy) is 1. The molecular formula is C23H29N3O2. The third-order valence-corrected chi connectivity index (χ3v) is 5.79. The van der Waals surface area contributed by atoms with E-state index < -0.39 is 0 Å². The smallest absolute Gasteiger partial charge is 0.238 e. The van der Waals surface area contributed by atoms with Crippen LogP contribution in [0.3, 0.4) is 0 Å². The van der Waals surface area contributed by atoms with E-state index in [-0.39, 0.29) is 5.91 Å². The van der Waals surface area contributed by atoms with Gasteiger partial charge in [-0.3, -0.25) is 9.69 Å². The van der Waals surface area contributed by atoms with Gasteiger partial charge in [-0.1, -0.05) is 24.3 Å². The standard InChI is InChI=1S/C23H29N3O2/c1-25(22-8-4-6-18-5-2-3-7-21(18)22)17-23(27)24-19-9-11-20(12-10-19)26-13-15-28-16-14-26/h2-3,5,7,9-12,22H,4,6,8,13-17H2,1H3,(H,24,27). The summed E-state index contributed by atoms with van der Waals surface area (Å²) in [6.45, 7) is 3.77. The van der Waals surface area contributed by atoms with E-state index >= 15 is 0 Å². The molecule has 2 aromatic rings. The van der Waals surface area contributed by atoms with Gasteiger partial charge in [-0.25, -0.2) is 0 Å². The molecule has 1 atom stereocenters. The number of nitrogens with zero attached hydrogens (tertiary/aromatic N) is 2. The van der Waals surface area contributed by atoms with Gasteiger partial charge in [-0.15, -0.1) is 0 Å². The van der Waals surface area contributed by atoms with Crippen LogP contribution in [0.1, 0.15) is 30.0 Å². The van der Waals surface area contributed by atoms with Crippen molar-refractivity contribution in [3.05, 3.63) is 59.7 Å². The van der Waals surface area contributed by atoms with Crippen molar-refractivity contribution in [3.8, 4) is 0 Å². The van der Waals surface area contributed by atoms with Gasteiger partial charge in [0.2, 0.25) is 5.91 Å². The number of aryl methyl sites for hydroxylation is 1. The van der Waals surface area contributed by atoms with Crippen LogP contribution in [0.5, 0.6) is 0 Å². The maximum atomic E-state index is 12.6. The third-order valence-electron chi connectivity index (χ3n) is 5.79. The molecule has 0 saturated carbocycles. The maximum absolute atomic E-state index is 12.6. The Morgan fingerprint density at radius 1 is 1.14 bits per heavy atom. The SMILES string of the molecule is CN(CC(=O)Nc1ccc(N2CCOCC2)cc1)C1CCCc2ccccc21. The van der Waals surface area contributed by atoms with Crippen LogP contribution < -0.4 is 10.2 Å². The largest absolute Gasteiger partial charge is 0.378 e. The number of fused-ring (bicyclic) bond motifs is 1. The van der Waals surface area contributed by atoms with Crippen LogP contribution in [0.2, 0.25) is 0 Å². The van der Waals surface area contributed by atoms with Gasteiger partial charge in [0.25, 0.3) is 0 Å². The number of carbonyl (C=O) groups excluding carboxylic acids is 1. The van der Waals surface area contributed by atoms with Crippen LogP contribution >= 0.6 is 0 Å². The number of rotatable bonds is 5. The Bertz CT molecular complexity index is 800. The Hall–Kier alpha value is -2.37. The molecule has 1 saturated heterocycles. The predicted molar refractivity (Wildman–Crippen MR) is 113 cm³/mol. The predicted octanol–water partition coefficient (Wildman–Crippen LogP) is 3.47. The maximum Gasteiger partial charge on any atom is 0.238 e. The summed E-state index contributed by atoms with van der Waals surface area (Å²) in [5.74, 6) is 0.0321. The number of carbonyl (C=O) groups is 1. The van der Waals surface area contributed by atoms with E-state index in [1.807, 2.05) is 19.2 Å². The van der Waals surface area contributed by atoms with Crippen LogP contribution in [0, 0.1) is 0 Å². The van der Waals surface area contributed by atoms with Gasteiger partial charge >= 0.3 is 0 Å². The average molecular weight is 380 g/mol. The first-order valence-electron chi connectivity index (χ1n) is 10.2. The van der Waals surface area contributed by atoms with Crippen LogP contribution in [0.4, 0.5) is 11.4 Å². The van der Waals surface area contributed by atoms with E-state index in [1.54, 1.807) is 0 Å². The third kappa shape index (κ3) is 4.37. The molecule has 1 N–H and O–H groups in total. The number of likely N-dealkylation sites (N-methyl/N-ethyl adjacent to an activating group) is 1. The molecular weight excluding hydrogens is 350 g/mol. The zero-order chi connectivity index (χ0) is 19.3. The summed E-state index contributed by atoms with van der Waals surface area (Å²) in [4.78, 5) is 17.1. The second-order valence-electron chi connectivity index (χ2n) is 7.72. The van der Waals surface area contributed by atoms with Crippen LogP contribution in [0.15, 0.2) is 48.5 Å². The molecule has 1 fully saturated rings. The van der Waals surface area contributed by atoms with Crippen LogP contribution in [-0.4, -0.2) is 50.7 Å². The summed E-state index contributed by atoms with van der Waals surface area (Å²) in [6, 6.07) is 17.1. The van der Waals surface area contributed by atoms with Crippen molar-refractivity contribution in [3.63, 3.8) is 0 Å². The molecule has 2 aliphatic rings. The molecule has 28 heavy (non-hydrogen) atoms. The summed E-state index contributed by atoms with van der Waals surface area (Å²) < 4.78 is 5.40. The van der Waals surface area contributed by atoms with E-state index in [0.29, 0.717) is 12.6 Å². The number of nitrogens with one attached hydrogen (secondary N) is 1. The minimum absolute atomic E-state index is 0.0321. The Balaban J connectivity index is 1.34. The summed E-state index contributed by atoms with van der Waals surface area (Å²) in [6.07, 6.45) is 3.42. The summed E-state index contributed by atoms with van der Waals surface area (Å²) in [5, 5.41) is 3.04. The van der Waals surface area contributed by atoms with Gasteiger partial charge in [0.05, 0.1) is 19.8 Å². The van der Waals surface area contributed by atoms with Gasteiger partial charge in [-0.2, -0.15) is 0 Å². The fraction of sp³-hybridized carbons (Fsp3) is 0.435. The Kier molecular flexibility index (Phi) is 5.93. The lowest BCUT2D eigenvalue weighted by Crippen LogP contribution is -2.36. The molecule has 1 aliphatic heterocycles. The molecule has 5 heteroatoms. The molecule has 1 unspecified atom stereocenters. The minimum Gasteiger partial charge on any atom is -0.378 e. The van der Waals surface area contributed by atoms with Crippen molar-refractivity contribution in [1.82, 2.24) is 4.90 Å². The first-order chi connectivity index (χ1) is 13.7. The molecule has 1 aliphatic carbocycles. The highest BCUT2D eigenvalue weighted by Crippen LogP contribution is 2.33. The zero-order valence-electron chi connectivity index (χ0n) is 16.6. The van der Waals surface area contributed by atoms with Gasteiger partial charge in [0, 0.05) is 30.5 Å². The van der Waals surface area contributed by atoms with Crippen LogP contribution in [0.25, 0.3) is 0 Å². The van der Waals surface area contributed by atoms with Crippen molar-refractivity contribution < 1.29 is 9.53 Å². The number of morpholine rings is 1. The number of amides is 1. The monoisotopic (exact) mass is 379 g/mol. The van der Waals surface area contributed by atoms with Gasteiger partial charge in [0.15, 0.2) is 0 Å².